The molecule has 1 amide bonds. The molecule has 0 aliphatic carbocycles. The summed E-state index contributed by atoms with van der Waals surface area (Å²) in [7, 11) is 0. The molecule has 2 aliphatic rings. The summed E-state index contributed by atoms with van der Waals surface area (Å²) in [6.07, 6.45) is 3.35. The number of ketones is 1. The van der Waals surface area contributed by atoms with Crippen LogP contribution >= 0.6 is 0 Å². The summed E-state index contributed by atoms with van der Waals surface area (Å²) in [5.74, 6) is 0.222. The number of rotatable bonds is 6. The van der Waals surface area contributed by atoms with Gasteiger partial charge < -0.3 is 9.64 Å². The van der Waals surface area contributed by atoms with Crippen molar-refractivity contribution in [3.05, 3.63) is 48.0 Å². The van der Waals surface area contributed by atoms with Gasteiger partial charge in [0.15, 0.2) is 5.78 Å². The number of nitrogens with zero attached hydrogens (tertiary/aromatic N) is 2. The van der Waals surface area contributed by atoms with E-state index >= 15 is 0 Å². The minimum atomic E-state index is -0.448. The highest BCUT2D eigenvalue weighted by atomic mass is 16.6. The van der Waals surface area contributed by atoms with Crippen molar-refractivity contribution in [3.63, 3.8) is 0 Å². The third kappa shape index (κ3) is 4.67. The Morgan fingerprint density at radius 2 is 1.77 bits per heavy atom. The lowest BCUT2D eigenvalue weighted by atomic mass is 10.0. The molecule has 160 valence electrons. The second kappa shape index (κ2) is 8.38. The molecular weight excluding hydrogens is 376 g/mol. The van der Waals surface area contributed by atoms with Gasteiger partial charge in [-0.2, -0.15) is 0 Å². The number of benzene rings is 2. The van der Waals surface area contributed by atoms with Crippen molar-refractivity contribution in [2.45, 2.75) is 64.1 Å². The summed E-state index contributed by atoms with van der Waals surface area (Å²) >= 11 is 0. The van der Waals surface area contributed by atoms with Gasteiger partial charge in [0.05, 0.1) is 0 Å². The number of ether oxygens (including phenoxy) is 1. The Bertz CT molecular complexity index is 933. The Balaban J connectivity index is 1.20. The van der Waals surface area contributed by atoms with E-state index in [0.717, 1.165) is 49.8 Å². The van der Waals surface area contributed by atoms with Crippen molar-refractivity contribution in [1.82, 2.24) is 9.80 Å². The maximum atomic E-state index is 12.6. The van der Waals surface area contributed by atoms with Crippen molar-refractivity contribution in [3.8, 4) is 0 Å². The van der Waals surface area contributed by atoms with Crippen LogP contribution in [0.3, 0.4) is 0 Å². The van der Waals surface area contributed by atoms with E-state index in [1.165, 1.54) is 5.39 Å². The largest absolute Gasteiger partial charge is 0.444 e. The fourth-order valence-electron chi connectivity index (χ4n) is 4.67. The number of likely N-dealkylation sites (tertiary alicyclic amines) is 2. The normalized spacial score (nSPS) is 21.4. The standard InChI is InChI=1S/C25H32N2O3/c1-25(2,3)30-24(29)27-17-21-15-22(27)16-26(21)13-7-6-10-23(28)20-12-11-18-8-4-5-9-19(18)14-20/h4-5,8-9,11-12,14,21-22H,6-7,10,13,15-17H2,1-3H3. The van der Waals surface area contributed by atoms with Crippen molar-refractivity contribution >= 4 is 22.6 Å². The molecule has 0 aromatic heterocycles. The van der Waals surface area contributed by atoms with Crippen LogP contribution in [-0.2, 0) is 4.74 Å². The van der Waals surface area contributed by atoms with Crippen LogP contribution in [0.25, 0.3) is 10.8 Å². The molecule has 30 heavy (non-hydrogen) atoms. The second-order valence-electron chi connectivity index (χ2n) is 9.61. The zero-order valence-corrected chi connectivity index (χ0v) is 18.3. The minimum absolute atomic E-state index is 0.185. The molecule has 2 aliphatic heterocycles. The summed E-state index contributed by atoms with van der Waals surface area (Å²) < 4.78 is 5.53. The average molecular weight is 409 g/mol. The van der Waals surface area contributed by atoms with Crippen molar-refractivity contribution in [1.29, 1.82) is 0 Å². The lowest BCUT2D eigenvalue weighted by molar-refractivity contribution is 0.0128. The molecule has 5 heteroatoms. The number of Topliss-reactive ketones (excluding diaryl/α,β-unsaturated/α-hetero) is 1. The van der Waals surface area contributed by atoms with Gasteiger partial charge in [-0.1, -0.05) is 36.4 Å². The number of carbonyl (C=O) groups is 2. The molecule has 2 bridgehead atoms. The Labute approximate surface area is 179 Å². The summed E-state index contributed by atoms with van der Waals surface area (Å²) in [6, 6.07) is 14.8. The molecule has 2 saturated heterocycles. The highest BCUT2D eigenvalue weighted by Gasteiger charge is 2.46. The summed E-state index contributed by atoms with van der Waals surface area (Å²) in [6.45, 7) is 8.40. The molecule has 2 fully saturated rings. The molecule has 2 unspecified atom stereocenters. The van der Waals surface area contributed by atoms with Crippen molar-refractivity contribution in [2.75, 3.05) is 19.6 Å². The third-order valence-electron chi connectivity index (χ3n) is 6.15. The zero-order chi connectivity index (χ0) is 21.3. The Morgan fingerprint density at radius 1 is 1.00 bits per heavy atom. The first kappa shape index (κ1) is 20.9. The number of piperazine rings is 1. The zero-order valence-electron chi connectivity index (χ0n) is 18.3. The number of unbranched alkanes of at least 4 members (excludes halogenated alkanes) is 1. The molecule has 2 aromatic carbocycles. The number of amides is 1. The van der Waals surface area contributed by atoms with Gasteiger partial charge in [0.2, 0.25) is 0 Å². The third-order valence-corrected chi connectivity index (χ3v) is 6.15. The number of hydrogen-bond donors (Lipinski definition) is 0. The smallest absolute Gasteiger partial charge is 0.410 e. The number of carbonyl (C=O) groups excluding carboxylic acids is 2. The lowest BCUT2D eigenvalue weighted by Gasteiger charge is -2.35. The lowest BCUT2D eigenvalue weighted by Crippen LogP contribution is -2.50. The molecular formula is C25H32N2O3. The predicted octanol–water partition coefficient (Wildman–Crippen LogP) is 4.89. The molecule has 2 atom stereocenters. The maximum absolute atomic E-state index is 12.6. The van der Waals surface area contributed by atoms with Crippen LogP contribution in [0.5, 0.6) is 0 Å². The van der Waals surface area contributed by atoms with Gasteiger partial charge in [-0.3, -0.25) is 9.69 Å². The first-order valence-corrected chi connectivity index (χ1v) is 11.1. The molecule has 0 spiro atoms. The van der Waals surface area contributed by atoms with Gasteiger partial charge in [-0.15, -0.1) is 0 Å². The van der Waals surface area contributed by atoms with Gasteiger partial charge in [-0.05, 0) is 63.4 Å². The van der Waals surface area contributed by atoms with Crippen molar-refractivity contribution < 1.29 is 14.3 Å². The number of fused-ring (bicyclic) bond motifs is 3. The van der Waals surface area contributed by atoms with Crippen LogP contribution in [0.1, 0.15) is 56.8 Å². The molecule has 0 saturated carbocycles. The topological polar surface area (TPSA) is 49.9 Å². The van der Waals surface area contributed by atoms with E-state index in [4.69, 9.17) is 4.74 Å². The van der Waals surface area contributed by atoms with E-state index < -0.39 is 5.60 Å². The summed E-state index contributed by atoms with van der Waals surface area (Å²) in [5.41, 5.74) is 0.359. The molecule has 4 rings (SSSR count). The van der Waals surface area contributed by atoms with Crippen LogP contribution in [0.2, 0.25) is 0 Å². The van der Waals surface area contributed by atoms with E-state index in [9.17, 15) is 9.59 Å². The Hall–Kier alpha value is -2.40. The van der Waals surface area contributed by atoms with Crippen LogP contribution in [0.15, 0.2) is 42.5 Å². The summed E-state index contributed by atoms with van der Waals surface area (Å²) in [4.78, 5) is 29.3. The van der Waals surface area contributed by atoms with Gasteiger partial charge in [0.1, 0.15) is 5.60 Å². The van der Waals surface area contributed by atoms with Crippen LogP contribution < -0.4 is 0 Å². The minimum Gasteiger partial charge on any atom is -0.444 e. The first-order chi connectivity index (χ1) is 14.3. The van der Waals surface area contributed by atoms with E-state index in [2.05, 4.69) is 17.0 Å². The van der Waals surface area contributed by atoms with Crippen LogP contribution in [0, 0.1) is 0 Å². The van der Waals surface area contributed by atoms with E-state index in [-0.39, 0.29) is 17.9 Å². The Kier molecular flexibility index (Phi) is 5.83. The predicted molar refractivity (Wildman–Crippen MR) is 119 cm³/mol. The van der Waals surface area contributed by atoms with E-state index in [1.807, 2.05) is 56.0 Å². The van der Waals surface area contributed by atoms with Gasteiger partial charge in [-0.25, -0.2) is 4.79 Å². The fourth-order valence-corrected chi connectivity index (χ4v) is 4.67. The van der Waals surface area contributed by atoms with Crippen LogP contribution in [0.4, 0.5) is 4.79 Å². The number of hydrogen-bond acceptors (Lipinski definition) is 4. The van der Waals surface area contributed by atoms with Gasteiger partial charge in [0.25, 0.3) is 0 Å². The maximum Gasteiger partial charge on any atom is 0.410 e. The molecule has 2 aromatic rings. The summed E-state index contributed by atoms with van der Waals surface area (Å²) in [5, 5.41) is 2.28. The Morgan fingerprint density at radius 3 is 2.47 bits per heavy atom. The quantitative estimate of drug-likeness (QED) is 0.505. The van der Waals surface area contributed by atoms with Gasteiger partial charge >= 0.3 is 6.09 Å². The monoisotopic (exact) mass is 408 g/mol. The average Bonchev–Trinajstić information content (AvgIpc) is 3.30. The highest BCUT2D eigenvalue weighted by molar-refractivity contribution is 5.99. The molecule has 2 heterocycles. The molecule has 0 radical (unpaired) electrons. The highest BCUT2D eigenvalue weighted by Crippen LogP contribution is 2.32. The van der Waals surface area contributed by atoms with Crippen LogP contribution in [-0.4, -0.2) is 59.0 Å². The first-order valence-electron chi connectivity index (χ1n) is 11.1. The fraction of sp³-hybridized carbons (Fsp3) is 0.520. The van der Waals surface area contributed by atoms with Crippen molar-refractivity contribution in [2.24, 2.45) is 0 Å². The van der Waals surface area contributed by atoms with E-state index in [1.54, 1.807) is 0 Å². The van der Waals surface area contributed by atoms with E-state index in [0.29, 0.717) is 12.5 Å². The molecule has 0 N–H and O–H groups in total. The SMILES string of the molecule is CC(C)(C)OC(=O)N1CC2CC1CN2CCCCC(=O)c1ccc2ccccc2c1. The molecule has 5 nitrogen and oxygen atoms in total. The second-order valence-corrected chi connectivity index (χ2v) is 9.61. The van der Waals surface area contributed by atoms with Gasteiger partial charge in [0, 0.05) is 37.2 Å².